The molecule has 0 fully saturated rings. The van der Waals surface area contributed by atoms with Gasteiger partial charge in [0.2, 0.25) is 0 Å². The lowest BCUT2D eigenvalue weighted by Gasteiger charge is -2.03. The lowest BCUT2D eigenvalue weighted by Crippen LogP contribution is -1.99. The number of rotatable bonds is 2. The van der Waals surface area contributed by atoms with E-state index in [1.807, 2.05) is 0 Å². The SMILES string of the molecule is c1ccc(Pc2cc[cH-]c2)cc1. The standard InChI is InChI=1S/C11H10P/c1-2-6-10(7-3-1)12-11-8-4-5-9-11/h1-9,12H/q-1. The molecule has 0 N–H and O–H groups in total. The molecule has 12 heavy (non-hydrogen) atoms. The van der Waals surface area contributed by atoms with Gasteiger partial charge in [0.1, 0.15) is 0 Å². The Morgan fingerprint density at radius 1 is 0.917 bits per heavy atom. The molecule has 0 aliphatic carbocycles. The summed E-state index contributed by atoms with van der Waals surface area (Å²) >= 11 is 0. The molecule has 0 amide bonds. The zero-order valence-corrected chi connectivity index (χ0v) is 7.70. The molecule has 0 nitrogen and oxygen atoms in total. The predicted molar refractivity (Wildman–Crippen MR) is 56.1 cm³/mol. The van der Waals surface area contributed by atoms with Crippen LogP contribution in [0, 0.1) is 0 Å². The molecule has 1 atom stereocenters. The molecule has 1 heteroatoms. The van der Waals surface area contributed by atoms with Gasteiger partial charge in [-0.3, -0.25) is 0 Å². The Morgan fingerprint density at radius 3 is 2.42 bits per heavy atom. The molecule has 0 radical (unpaired) electrons. The molecule has 0 aliphatic heterocycles. The largest absolute Gasteiger partial charge is 0.206 e. The van der Waals surface area contributed by atoms with Crippen molar-refractivity contribution in [3.05, 3.63) is 54.6 Å². The zero-order valence-electron chi connectivity index (χ0n) is 6.70. The van der Waals surface area contributed by atoms with E-state index >= 15 is 0 Å². The molecule has 0 saturated carbocycles. The smallest absolute Gasteiger partial charge is 0.0355 e. The van der Waals surface area contributed by atoms with Crippen LogP contribution in [0.5, 0.6) is 0 Å². The van der Waals surface area contributed by atoms with Crippen molar-refractivity contribution in [1.82, 2.24) is 0 Å². The number of hydrogen-bond donors (Lipinski definition) is 0. The second-order valence-electron chi connectivity index (χ2n) is 2.66. The fraction of sp³-hybridized carbons (Fsp3) is 0. The van der Waals surface area contributed by atoms with Gasteiger partial charge in [-0.2, -0.15) is 23.5 Å². The van der Waals surface area contributed by atoms with Gasteiger partial charge in [0.15, 0.2) is 0 Å². The van der Waals surface area contributed by atoms with Crippen LogP contribution in [0.1, 0.15) is 0 Å². The summed E-state index contributed by atoms with van der Waals surface area (Å²) in [6, 6.07) is 19.1. The van der Waals surface area contributed by atoms with E-state index in [1.165, 1.54) is 10.6 Å². The molecule has 60 valence electrons. The molecular formula is C11H10P-. The molecule has 1 unspecified atom stereocenters. The first-order valence-corrected chi connectivity index (χ1v) is 4.99. The summed E-state index contributed by atoms with van der Waals surface area (Å²) in [6.45, 7) is 0. The molecule has 2 rings (SSSR count). The summed E-state index contributed by atoms with van der Waals surface area (Å²) in [4.78, 5) is 0. The van der Waals surface area contributed by atoms with Gasteiger partial charge in [0.05, 0.1) is 0 Å². The fourth-order valence-corrected chi connectivity index (χ4v) is 2.20. The molecule has 0 saturated heterocycles. The molecular weight excluding hydrogens is 163 g/mol. The summed E-state index contributed by atoms with van der Waals surface area (Å²) in [7, 11) is 0.801. The topological polar surface area (TPSA) is 0 Å². The van der Waals surface area contributed by atoms with Crippen LogP contribution in [-0.4, -0.2) is 0 Å². The lowest BCUT2D eigenvalue weighted by atomic mass is 10.4. The third-order valence-corrected chi connectivity index (χ3v) is 2.97. The van der Waals surface area contributed by atoms with E-state index in [4.69, 9.17) is 0 Å². The van der Waals surface area contributed by atoms with Crippen LogP contribution in [0.2, 0.25) is 0 Å². The second kappa shape index (κ2) is 3.60. The maximum atomic E-state index is 2.17. The average molecular weight is 173 g/mol. The maximum absolute atomic E-state index is 2.17. The molecule has 0 heterocycles. The minimum Gasteiger partial charge on any atom is -0.206 e. The highest BCUT2D eigenvalue weighted by Crippen LogP contribution is 2.09. The van der Waals surface area contributed by atoms with E-state index in [-0.39, 0.29) is 0 Å². The van der Waals surface area contributed by atoms with E-state index < -0.39 is 0 Å². The minimum atomic E-state index is 0.801. The lowest BCUT2D eigenvalue weighted by molar-refractivity contribution is 1.78. The van der Waals surface area contributed by atoms with Gasteiger partial charge in [-0.15, -0.1) is 8.58 Å². The number of benzene rings is 1. The van der Waals surface area contributed by atoms with Crippen molar-refractivity contribution < 1.29 is 0 Å². The van der Waals surface area contributed by atoms with Crippen molar-refractivity contribution in [3.63, 3.8) is 0 Å². The number of hydrogen-bond acceptors (Lipinski definition) is 0. The highest BCUT2D eigenvalue weighted by atomic mass is 31.1. The highest BCUT2D eigenvalue weighted by Gasteiger charge is 1.86. The summed E-state index contributed by atoms with van der Waals surface area (Å²) in [5.41, 5.74) is 0. The van der Waals surface area contributed by atoms with Gasteiger partial charge in [0.25, 0.3) is 0 Å². The Hall–Kier alpha value is -1.00. The van der Waals surface area contributed by atoms with Gasteiger partial charge in [-0.05, 0) is 5.30 Å². The molecule has 0 bridgehead atoms. The summed E-state index contributed by atoms with van der Waals surface area (Å²) in [6.07, 6.45) is 0. The van der Waals surface area contributed by atoms with Crippen molar-refractivity contribution in [2.24, 2.45) is 0 Å². The van der Waals surface area contributed by atoms with Crippen LogP contribution in [0.25, 0.3) is 0 Å². The zero-order chi connectivity index (χ0) is 8.23. The third-order valence-electron chi connectivity index (χ3n) is 1.73. The molecule has 2 aromatic carbocycles. The Balaban J connectivity index is 2.15. The first-order chi connectivity index (χ1) is 5.95. The van der Waals surface area contributed by atoms with Crippen LogP contribution >= 0.6 is 8.58 Å². The van der Waals surface area contributed by atoms with Gasteiger partial charge >= 0.3 is 0 Å². The Kier molecular flexibility index (Phi) is 2.29. The van der Waals surface area contributed by atoms with Crippen molar-refractivity contribution in [1.29, 1.82) is 0 Å². The Bertz CT molecular complexity index is 321. The van der Waals surface area contributed by atoms with E-state index in [2.05, 4.69) is 54.6 Å². The van der Waals surface area contributed by atoms with Crippen LogP contribution in [0.15, 0.2) is 54.6 Å². The van der Waals surface area contributed by atoms with E-state index in [1.54, 1.807) is 0 Å². The second-order valence-corrected chi connectivity index (χ2v) is 4.07. The Labute approximate surface area is 74.4 Å². The third kappa shape index (κ3) is 1.78. The first-order valence-electron chi connectivity index (χ1n) is 3.99. The predicted octanol–water partition coefficient (Wildman–Crippen LogP) is 2.03. The first kappa shape index (κ1) is 7.64. The van der Waals surface area contributed by atoms with Crippen molar-refractivity contribution in [3.8, 4) is 0 Å². The van der Waals surface area contributed by atoms with Gasteiger partial charge < -0.3 is 0 Å². The van der Waals surface area contributed by atoms with Crippen molar-refractivity contribution >= 4 is 19.2 Å². The molecule has 0 aromatic heterocycles. The molecule has 2 aromatic rings. The van der Waals surface area contributed by atoms with Crippen molar-refractivity contribution in [2.45, 2.75) is 0 Å². The van der Waals surface area contributed by atoms with Crippen LogP contribution in [0.4, 0.5) is 0 Å². The van der Waals surface area contributed by atoms with Crippen LogP contribution in [0.3, 0.4) is 0 Å². The van der Waals surface area contributed by atoms with E-state index in [0.717, 1.165) is 8.58 Å². The monoisotopic (exact) mass is 173 g/mol. The van der Waals surface area contributed by atoms with Gasteiger partial charge in [-0.1, -0.05) is 30.3 Å². The Morgan fingerprint density at radius 2 is 1.75 bits per heavy atom. The average Bonchev–Trinajstić information content (AvgIpc) is 2.59. The normalized spacial score (nSPS) is 11.0. The quantitative estimate of drug-likeness (QED) is 0.481. The maximum Gasteiger partial charge on any atom is -0.0355 e. The van der Waals surface area contributed by atoms with Crippen LogP contribution in [-0.2, 0) is 0 Å². The van der Waals surface area contributed by atoms with Gasteiger partial charge in [-0.25, -0.2) is 6.07 Å². The highest BCUT2D eigenvalue weighted by molar-refractivity contribution is 7.55. The molecule has 0 spiro atoms. The summed E-state index contributed by atoms with van der Waals surface area (Å²) < 4.78 is 0. The van der Waals surface area contributed by atoms with Gasteiger partial charge in [0, 0.05) is 0 Å². The fourth-order valence-electron chi connectivity index (χ4n) is 1.15. The van der Waals surface area contributed by atoms with E-state index in [0.29, 0.717) is 0 Å². The summed E-state index contributed by atoms with van der Waals surface area (Å²) in [5.74, 6) is 0. The molecule has 0 aliphatic rings. The minimum absolute atomic E-state index is 0.801. The van der Waals surface area contributed by atoms with Crippen LogP contribution < -0.4 is 10.6 Å². The van der Waals surface area contributed by atoms with Crippen molar-refractivity contribution in [2.75, 3.05) is 0 Å². The van der Waals surface area contributed by atoms with E-state index in [9.17, 15) is 0 Å². The summed E-state index contributed by atoms with van der Waals surface area (Å²) in [5, 5.41) is 2.82.